The average molecular weight is 291 g/mol. The standard InChI is InChI=1S/C13H11ClN4S/c1-7-6-9(12-17-18-13(15-2)19-12)8-4-3-5-10(14)11(8)16-7/h3-6H,1-2H3,(H,15,18). The van der Waals surface area contributed by atoms with E-state index in [1.54, 1.807) is 0 Å². The lowest BCUT2D eigenvalue weighted by Crippen LogP contribution is -1.89. The predicted molar refractivity (Wildman–Crippen MR) is 79.9 cm³/mol. The third-order valence-corrected chi connectivity index (χ3v) is 4.07. The monoisotopic (exact) mass is 290 g/mol. The van der Waals surface area contributed by atoms with Gasteiger partial charge in [-0.15, -0.1) is 10.2 Å². The summed E-state index contributed by atoms with van der Waals surface area (Å²) >= 11 is 7.72. The lowest BCUT2D eigenvalue weighted by molar-refractivity contribution is 1.09. The molecule has 3 rings (SSSR count). The van der Waals surface area contributed by atoms with Crippen molar-refractivity contribution < 1.29 is 0 Å². The summed E-state index contributed by atoms with van der Waals surface area (Å²) in [5, 5.41) is 14.6. The number of aromatic nitrogens is 3. The average Bonchev–Trinajstić information content (AvgIpc) is 2.88. The van der Waals surface area contributed by atoms with Crippen molar-refractivity contribution in [2.75, 3.05) is 12.4 Å². The van der Waals surface area contributed by atoms with E-state index in [0.717, 1.165) is 32.3 Å². The van der Waals surface area contributed by atoms with Crippen LogP contribution in [0.5, 0.6) is 0 Å². The molecule has 96 valence electrons. The Morgan fingerprint density at radius 2 is 2.11 bits per heavy atom. The first-order valence-corrected chi connectivity index (χ1v) is 6.96. The molecular formula is C13H11ClN4S. The van der Waals surface area contributed by atoms with Crippen LogP contribution in [-0.4, -0.2) is 22.2 Å². The SMILES string of the molecule is CNc1nnc(-c2cc(C)nc3c(Cl)cccc23)s1. The van der Waals surface area contributed by atoms with Gasteiger partial charge in [-0.3, -0.25) is 4.98 Å². The van der Waals surface area contributed by atoms with Gasteiger partial charge in [-0.05, 0) is 19.1 Å². The summed E-state index contributed by atoms with van der Waals surface area (Å²) in [5.74, 6) is 0. The highest BCUT2D eigenvalue weighted by molar-refractivity contribution is 7.18. The van der Waals surface area contributed by atoms with E-state index >= 15 is 0 Å². The maximum absolute atomic E-state index is 6.21. The highest BCUT2D eigenvalue weighted by atomic mass is 35.5. The van der Waals surface area contributed by atoms with Gasteiger partial charge in [0.15, 0.2) is 0 Å². The molecule has 0 amide bonds. The molecule has 0 bridgehead atoms. The van der Waals surface area contributed by atoms with E-state index in [-0.39, 0.29) is 0 Å². The number of nitrogens with one attached hydrogen (secondary N) is 1. The number of halogens is 1. The Labute approximate surface area is 119 Å². The Hall–Kier alpha value is -1.72. The zero-order valence-electron chi connectivity index (χ0n) is 10.4. The molecule has 1 N–H and O–H groups in total. The van der Waals surface area contributed by atoms with Crippen molar-refractivity contribution in [1.82, 2.24) is 15.2 Å². The Kier molecular flexibility index (Phi) is 3.08. The number of pyridine rings is 1. The number of nitrogens with zero attached hydrogens (tertiary/aromatic N) is 3. The van der Waals surface area contributed by atoms with Crippen LogP contribution in [0.4, 0.5) is 5.13 Å². The summed E-state index contributed by atoms with van der Waals surface area (Å²) in [6.07, 6.45) is 0. The molecule has 1 aromatic carbocycles. The van der Waals surface area contributed by atoms with E-state index in [1.165, 1.54) is 11.3 Å². The highest BCUT2D eigenvalue weighted by Gasteiger charge is 2.12. The van der Waals surface area contributed by atoms with Gasteiger partial charge in [0, 0.05) is 23.7 Å². The van der Waals surface area contributed by atoms with E-state index in [0.29, 0.717) is 5.02 Å². The second-order valence-corrected chi connectivity index (χ2v) is 5.49. The number of rotatable bonds is 2. The fourth-order valence-corrected chi connectivity index (χ4v) is 2.90. The Morgan fingerprint density at radius 3 is 2.84 bits per heavy atom. The van der Waals surface area contributed by atoms with Crippen LogP contribution < -0.4 is 5.32 Å². The van der Waals surface area contributed by atoms with Crippen LogP contribution in [0, 0.1) is 6.92 Å². The molecule has 19 heavy (non-hydrogen) atoms. The minimum Gasteiger partial charge on any atom is -0.363 e. The summed E-state index contributed by atoms with van der Waals surface area (Å²) in [5.41, 5.74) is 2.74. The predicted octanol–water partition coefficient (Wildman–Crippen LogP) is 3.76. The van der Waals surface area contributed by atoms with Gasteiger partial charge in [0.2, 0.25) is 5.13 Å². The van der Waals surface area contributed by atoms with Crippen molar-refractivity contribution in [1.29, 1.82) is 0 Å². The Morgan fingerprint density at radius 1 is 1.26 bits per heavy atom. The van der Waals surface area contributed by atoms with Crippen LogP contribution in [0.15, 0.2) is 24.3 Å². The van der Waals surface area contributed by atoms with Crippen molar-refractivity contribution in [3.63, 3.8) is 0 Å². The molecule has 3 aromatic rings. The molecule has 0 aliphatic rings. The molecular weight excluding hydrogens is 280 g/mol. The Balaban J connectivity index is 2.31. The number of aryl methyl sites for hydroxylation is 1. The van der Waals surface area contributed by atoms with Crippen molar-refractivity contribution in [2.24, 2.45) is 0 Å². The maximum Gasteiger partial charge on any atom is 0.205 e. The van der Waals surface area contributed by atoms with Gasteiger partial charge in [0.25, 0.3) is 0 Å². The van der Waals surface area contributed by atoms with Crippen molar-refractivity contribution in [2.45, 2.75) is 6.92 Å². The van der Waals surface area contributed by atoms with Crippen LogP contribution in [-0.2, 0) is 0 Å². The first-order chi connectivity index (χ1) is 9.19. The fourth-order valence-electron chi connectivity index (χ4n) is 1.95. The van der Waals surface area contributed by atoms with E-state index in [1.807, 2.05) is 38.2 Å². The number of hydrogen-bond donors (Lipinski definition) is 1. The van der Waals surface area contributed by atoms with Gasteiger partial charge in [-0.25, -0.2) is 0 Å². The molecule has 0 unspecified atom stereocenters. The third kappa shape index (κ3) is 2.15. The topological polar surface area (TPSA) is 50.7 Å². The maximum atomic E-state index is 6.21. The van der Waals surface area contributed by atoms with Crippen LogP contribution in [0.3, 0.4) is 0 Å². The molecule has 0 aliphatic carbocycles. The molecule has 2 heterocycles. The van der Waals surface area contributed by atoms with E-state index < -0.39 is 0 Å². The molecule has 0 atom stereocenters. The second-order valence-electron chi connectivity index (χ2n) is 4.11. The van der Waals surface area contributed by atoms with E-state index in [4.69, 9.17) is 11.6 Å². The van der Waals surface area contributed by atoms with Gasteiger partial charge in [0.05, 0.1) is 10.5 Å². The molecule has 4 nitrogen and oxygen atoms in total. The third-order valence-electron chi connectivity index (χ3n) is 2.79. The summed E-state index contributed by atoms with van der Waals surface area (Å²) in [6.45, 7) is 1.95. The number of anilines is 1. The first-order valence-electron chi connectivity index (χ1n) is 5.76. The second kappa shape index (κ2) is 4.75. The van der Waals surface area contributed by atoms with Gasteiger partial charge >= 0.3 is 0 Å². The van der Waals surface area contributed by atoms with Crippen molar-refractivity contribution >= 4 is 39.0 Å². The molecule has 6 heteroatoms. The number of fused-ring (bicyclic) bond motifs is 1. The fraction of sp³-hybridized carbons (Fsp3) is 0.154. The Bertz CT molecular complexity index is 753. The molecule has 0 radical (unpaired) electrons. The molecule has 2 aromatic heterocycles. The van der Waals surface area contributed by atoms with Gasteiger partial charge in [0.1, 0.15) is 5.01 Å². The van der Waals surface area contributed by atoms with Crippen molar-refractivity contribution in [3.05, 3.63) is 35.0 Å². The molecule has 0 aliphatic heterocycles. The van der Waals surface area contributed by atoms with Gasteiger partial charge < -0.3 is 5.32 Å². The van der Waals surface area contributed by atoms with Gasteiger partial charge in [-0.1, -0.05) is 35.1 Å². The minimum absolute atomic E-state index is 0.654. The lowest BCUT2D eigenvalue weighted by atomic mass is 10.1. The summed E-state index contributed by atoms with van der Waals surface area (Å²) in [6, 6.07) is 7.78. The molecule has 0 saturated heterocycles. The highest BCUT2D eigenvalue weighted by Crippen LogP contribution is 2.34. The van der Waals surface area contributed by atoms with Crippen LogP contribution in [0.25, 0.3) is 21.5 Å². The van der Waals surface area contributed by atoms with Crippen LogP contribution >= 0.6 is 22.9 Å². The first kappa shape index (κ1) is 12.3. The quantitative estimate of drug-likeness (QED) is 0.781. The zero-order valence-corrected chi connectivity index (χ0v) is 12.0. The zero-order chi connectivity index (χ0) is 13.4. The molecule has 0 saturated carbocycles. The van der Waals surface area contributed by atoms with Gasteiger partial charge in [-0.2, -0.15) is 0 Å². The number of hydrogen-bond acceptors (Lipinski definition) is 5. The summed E-state index contributed by atoms with van der Waals surface area (Å²) in [7, 11) is 1.83. The number of para-hydroxylation sites is 1. The lowest BCUT2D eigenvalue weighted by Gasteiger charge is -2.06. The largest absolute Gasteiger partial charge is 0.363 e. The normalized spacial score (nSPS) is 10.9. The van der Waals surface area contributed by atoms with Crippen molar-refractivity contribution in [3.8, 4) is 10.6 Å². The smallest absolute Gasteiger partial charge is 0.205 e. The van der Waals surface area contributed by atoms with Crippen LogP contribution in [0.1, 0.15) is 5.69 Å². The van der Waals surface area contributed by atoms with E-state index in [2.05, 4.69) is 20.5 Å². The summed E-state index contributed by atoms with van der Waals surface area (Å²) < 4.78 is 0. The number of benzene rings is 1. The minimum atomic E-state index is 0.654. The molecule has 0 fully saturated rings. The van der Waals surface area contributed by atoms with E-state index in [9.17, 15) is 0 Å². The summed E-state index contributed by atoms with van der Waals surface area (Å²) in [4.78, 5) is 4.50. The van der Waals surface area contributed by atoms with Crippen LogP contribution in [0.2, 0.25) is 5.02 Å². The molecule has 0 spiro atoms.